The minimum Gasteiger partial charge on any atom is -0.488 e. The van der Waals surface area contributed by atoms with Crippen LogP contribution in [0.5, 0.6) is 5.75 Å². The third-order valence-electron chi connectivity index (χ3n) is 2.81. The number of ether oxygens (including phenoxy) is 1. The van der Waals surface area contributed by atoms with Crippen LogP contribution in [0, 0.1) is 6.92 Å². The van der Waals surface area contributed by atoms with E-state index < -0.39 is 6.09 Å². The van der Waals surface area contributed by atoms with E-state index >= 15 is 0 Å². The molecule has 1 aliphatic heterocycles. The molecule has 2 rings (SSSR count). The number of aromatic nitrogens is 2. The summed E-state index contributed by atoms with van der Waals surface area (Å²) in [7, 11) is 0. The van der Waals surface area contributed by atoms with E-state index in [9.17, 15) is 9.90 Å². The largest absolute Gasteiger partial charge is 0.488 e. The van der Waals surface area contributed by atoms with Crippen molar-refractivity contribution in [1.82, 2.24) is 9.97 Å². The van der Waals surface area contributed by atoms with Crippen LogP contribution >= 0.6 is 0 Å². The number of aromatic amines is 1. The van der Waals surface area contributed by atoms with Crippen LogP contribution in [0.1, 0.15) is 11.4 Å². The Balaban J connectivity index is 2.61. The molecule has 0 bridgehead atoms. The molecule has 1 aliphatic rings. The van der Waals surface area contributed by atoms with Gasteiger partial charge < -0.3 is 19.9 Å². The molecule has 3 N–H and O–H groups in total. The van der Waals surface area contributed by atoms with Gasteiger partial charge in [0, 0.05) is 11.9 Å². The predicted octanol–water partition coefficient (Wildman–Crippen LogP) is 1.21. The van der Waals surface area contributed by atoms with Gasteiger partial charge in [-0.05, 0) is 13.0 Å². The van der Waals surface area contributed by atoms with Crippen molar-refractivity contribution in [3.8, 4) is 5.75 Å². The van der Waals surface area contributed by atoms with E-state index in [1.807, 2.05) is 0 Å². The Morgan fingerprint density at radius 2 is 2.42 bits per heavy atom. The lowest BCUT2D eigenvalue weighted by Crippen LogP contribution is -2.36. The number of aliphatic hydroxyl groups excluding tert-OH is 1. The molecule has 0 radical (unpaired) electrons. The molecule has 0 fully saturated rings. The molecule has 0 spiro atoms. The number of hydrogen-bond acceptors (Lipinski definition) is 4. The van der Waals surface area contributed by atoms with Gasteiger partial charge in [-0.25, -0.2) is 4.79 Å². The number of aliphatic hydroxyl groups is 1. The molecule has 0 atom stereocenters. The first-order chi connectivity index (χ1) is 9.13. The molecule has 0 aromatic carbocycles. The monoisotopic (exact) mass is 265 g/mol. The first-order valence-corrected chi connectivity index (χ1v) is 5.78. The number of carboxylic acid groups (broad SMARTS) is 1. The van der Waals surface area contributed by atoms with Gasteiger partial charge in [-0.1, -0.05) is 0 Å². The molecule has 2 heterocycles. The second kappa shape index (κ2) is 5.57. The topological polar surface area (TPSA) is 98.7 Å². The zero-order valence-corrected chi connectivity index (χ0v) is 10.5. The number of nitrogens with zero attached hydrogens (tertiary/aromatic N) is 2. The quantitative estimate of drug-likeness (QED) is 0.709. The molecule has 1 aromatic rings. The summed E-state index contributed by atoms with van der Waals surface area (Å²) in [4.78, 5) is 19.4. The van der Waals surface area contributed by atoms with Gasteiger partial charge in [-0.3, -0.25) is 9.88 Å². The lowest BCUT2D eigenvalue weighted by molar-refractivity contribution is 0.196. The summed E-state index contributed by atoms with van der Waals surface area (Å²) < 4.78 is 5.42. The fraction of sp³-hybridized carbons (Fsp3) is 0.333. The van der Waals surface area contributed by atoms with Crippen LogP contribution in [0.25, 0.3) is 0 Å². The number of nitrogens with one attached hydrogen (secondary N) is 1. The van der Waals surface area contributed by atoms with Gasteiger partial charge in [0.1, 0.15) is 6.61 Å². The normalized spacial score (nSPS) is 13.3. The van der Waals surface area contributed by atoms with Crippen molar-refractivity contribution in [3.63, 3.8) is 0 Å². The van der Waals surface area contributed by atoms with Gasteiger partial charge >= 0.3 is 6.09 Å². The van der Waals surface area contributed by atoms with E-state index in [-0.39, 0.29) is 19.8 Å². The predicted molar refractivity (Wildman–Crippen MR) is 67.7 cm³/mol. The smallest absolute Gasteiger partial charge is 0.412 e. The fourth-order valence-corrected chi connectivity index (χ4v) is 1.77. The number of carbonyl (C=O) groups is 1. The molecule has 19 heavy (non-hydrogen) atoms. The molecule has 7 nitrogen and oxygen atoms in total. The van der Waals surface area contributed by atoms with E-state index in [0.29, 0.717) is 22.8 Å². The van der Waals surface area contributed by atoms with Crippen molar-refractivity contribution < 1.29 is 19.7 Å². The molecule has 1 aromatic heterocycles. The highest BCUT2D eigenvalue weighted by atomic mass is 16.5. The maximum Gasteiger partial charge on any atom is 0.412 e. The highest BCUT2D eigenvalue weighted by Gasteiger charge is 2.22. The highest BCUT2D eigenvalue weighted by molar-refractivity contribution is 5.88. The average Bonchev–Trinajstić information content (AvgIpc) is 2.46. The minimum absolute atomic E-state index is 0.214. The molecule has 0 unspecified atom stereocenters. The lowest BCUT2D eigenvalue weighted by atomic mass is 10.3. The van der Waals surface area contributed by atoms with Gasteiger partial charge in [0.2, 0.25) is 0 Å². The highest BCUT2D eigenvalue weighted by Crippen LogP contribution is 2.28. The Kier molecular flexibility index (Phi) is 3.86. The fourth-order valence-electron chi connectivity index (χ4n) is 1.77. The van der Waals surface area contributed by atoms with Crippen LogP contribution in [0.2, 0.25) is 0 Å². The van der Waals surface area contributed by atoms with Crippen molar-refractivity contribution in [2.24, 2.45) is 0 Å². The molecule has 0 saturated heterocycles. The first kappa shape index (κ1) is 13.2. The summed E-state index contributed by atoms with van der Waals surface area (Å²) in [6.45, 7) is 2.10. The third kappa shape index (κ3) is 2.76. The van der Waals surface area contributed by atoms with Crippen molar-refractivity contribution >= 4 is 11.8 Å². The SMILES string of the molecule is Cc1[nH]ccc2c(cnc1CO)OCCN2C(=O)O. The Labute approximate surface area is 109 Å². The number of aryl methyl sites for hydroxylation is 1. The van der Waals surface area contributed by atoms with Crippen molar-refractivity contribution in [2.45, 2.75) is 13.5 Å². The molecule has 0 aliphatic carbocycles. The minimum atomic E-state index is -1.04. The Hall–Kier alpha value is -2.28. The number of H-pyrrole nitrogens is 1. The van der Waals surface area contributed by atoms with E-state index in [1.165, 1.54) is 11.1 Å². The third-order valence-corrected chi connectivity index (χ3v) is 2.81. The molecule has 7 heteroatoms. The van der Waals surface area contributed by atoms with Crippen molar-refractivity contribution in [3.05, 3.63) is 29.8 Å². The van der Waals surface area contributed by atoms with Gasteiger partial charge in [0.15, 0.2) is 5.75 Å². The molecular formula is C12H15N3O4. The number of amides is 1. The van der Waals surface area contributed by atoms with Gasteiger partial charge in [0.05, 0.1) is 30.7 Å². The summed E-state index contributed by atoms with van der Waals surface area (Å²) in [6.07, 6.45) is 1.98. The Morgan fingerprint density at radius 1 is 1.63 bits per heavy atom. The van der Waals surface area contributed by atoms with Crippen molar-refractivity contribution in [2.75, 3.05) is 18.1 Å². The van der Waals surface area contributed by atoms with Gasteiger partial charge in [-0.2, -0.15) is 0 Å². The summed E-state index contributed by atoms with van der Waals surface area (Å²) in [5.41, 5.74) is 1.58. The molecule has 102 valence electrons. The van der Waals surface area contributed by atoms with E-state index in [1.54, 1.807) is 19.2 Å². The van der Waals surface area contributed by atoms with E-state index in [0.717, 1.165) is 0 Å². The second-order valence-corrected chi connectivity index (χ2v) is 4.00. The second-order valence-electron chi connectivity index (χ2n) is 4.00. The number of anilines is 1. The van der Waals surface area contributed by atoms with Crippen LogP contribution in [-0.4, -0.2) is 39.4 Å². The molecule has 1 amide bonds. The first-order valence-electron chi connectivity index (χ1n) is 5.78. The Bertz CT molecular complexity index is 540. The summed E-state index contributed by atoms with van der Waals surface area (Å²) in [5.74, 6) is 0.368. The van der Waals surface area contributed by atoms with Gasteiger partial charge in [0.25, 0.3) is 0 Å². The summed E-state index contributed by atoms with van der Waals surface area (Å²) in [5, 5.41) is 18.4. The zero-order chi connectivity index (χ0) is 13.8. The zero-order valence-electron chi connectivity index (χ0n) is 10.5. The van der Waals surface area contributed by atoms with Crippen LogP contribution < -0.4 is 9.64 Å². The Morgan fingerprint density at radius 3 is 3.11 bits per heavy atom. The molecule has 0 saturated carbocycles. The van der Waals surface area contributed by atoms with Gasteiger partial charge in [-0.15, -0.1) is 0 Å². The van der Waals surface area contributed by atoms with Crippen LogP contribution in [0.4, 0.5) is 10.5 Å². The number of hydrogen-bond donors (Lipinski definition) is 3. The van der Waals surface area contributed by atoms with Crippen LogP contribution in [0.15, 0.2) is 18.5 Å². The number of fused-ring (bicyclic) bond motifs is 1. The standard InChI is InChI=1S/C12H15N3O4/c1-8-9(7-16)14-6-11-10(2-3-13-8)15(12(17)18)4-5-19-11/h2-3,6,13,16H,4-5,7H2,1H3,(H,17,18). The number of rotatable bonds is 1. The van der Waals surface area contributed by atoms with Crippen LogP contribution in [-0.2, 0) is 6.61 Å². The average molecular weight is 265 g/mol. The van der Waals surface area contributed by atoms with Crippen molar-refractivity contribution in [1.29, 1.82) is 0 Å². The lowest BCUT2D eigenvalue weighted by Gasteiger charge is -2.25. The molecular weight excluding hydrogens is 250 g/mol. The summed E-state index contributed by atoms with van der Waals surface area (Å²) in [6, 6.07) is 1.61. The van der Waals surface area contributed by atoms with E-state index in [2.05, 4.69) is 9.97 Å². The van der Waals surface area contributed by atoms with Crippen LogP contribution in [0.3, 0.4) is 0 Å². The maximum absolute atomic E-state index is 11.2. The summed E-state index contributed by atoms with van der Waals surface area (Å²) >= 11 is 0. The maximum atomic E-state index is 11.2. The van der Waals surface area contributed by atoms with E-state index in [4.69, 9.17) is 9.84 Å².